The third-order valence-electron chi connectivity index (χ3n) is 5.75. The van der Waals surface area contributed by atoms with Crippen molar-refractivity contribution in [3.8, 4) is 0 Å². The molecule has 0 aliphatic heterocycles. The minimum atomic E-state index is -0.558. The number of carbonyl (C=O) groups is 1. The highest BCUT2D eigenvalue weighted by Gasteiger charge is 2.19. The molecule has 8 nitrogen and oxygen atoms in total. The maximum absolute atomic E-state index is 12.7. The van der Waals surface area contributed by atoms with Crippen molar-refractivity contribution in [3.63, 3.8) is 0 Å². The Kier molecular flexibility index (Phi) is 4.86. The molecule has 0 fully saturated rings. The van der Waals surface area contributed by atoms with E-state index in [0.717, 1.165) is 23.0 Å². The summed E-state index contributed by atoms with van der Waals surface area (Å²) < 4.78 is 3.80. The fourth-order valence-corrected chi connectivity index (χ4v) is 4.07. The third kappa shape index (κ3) is 3.39. The summed E-state index contributed by atoms with van der Waals surface area (Å²) in [6, 6.07) is 6.13. The summed E-state index contributed by atoms with van der Waals surface area (Å²) >= 11 is 0. The monoisotopic (exact) mass is 395 g/mol. The van der Waals surface area contributed by atoms with Crippen LogP contribution in [0.25, 0.3) is 11.2 Å². The summed E-state index contributed by atoms with van der Waals surface area (Å²) in [5.74, 6) is -0.379. The first-order valence-corrected chi connectivity index (χ1v) is 9.88. The molecule has 1 aliphatic carbocycles. The number of hydrogen-bond donors (Lipinski definition) is 1. The van der Waals surface area contributed by atoms with Crippen molar-refractivity contribution in [2.75, 3.05) is 0 Å². The van der Waals surface area contributed by atoms with E-state index in [1.165, 1.54) is 34.9 Å². The Balaban J connectivity index is 1.57. The average Bonchev–Trinajstić information content (AvgIpc) is 3.11. The summed E-state index contributed by atoms with van der Waals surface area (Å²) in [6.07, 6.45) is 6.08. The Morgan fingerprint density at radius 3 is 2.66 bits per heavy atom. The van der Waals surface area contributed by atoms with E-state index in [4.69, 9.17) is 0 Å². The topological polar surface area (TPSA) is 90.9 Å². The predicted octanol–water partition coefficient (Wildman–Crippen LogP) is 1.19. The second kappa shape index (κ2) is 7.35. The van der Waals surface area contributed by atoms with Crippen LogP contribution in [0.4, 0.5) is 0 Å². The zero-order valence-electron chi connectivity index (χ0n) is 16.9. The van der Waals surface area contributed by atoms with E-state index in [-0.39, 0.29) is 18.5 Å². The number of aromatic nitrogens is 4. The molecule has 1 amide bonds. The van der Waals surface area contributed by atoms with Crippen LogP contribution in [0.3, 0.4) is 0 Å². The molecule has 1 atom stereocenters. The molecule has 4 rings (SSSR count). The molecule has 0 spiro atoms. The van der Waals surface area contributed by atoms with Gasteiger partial charge in [-0.05, 0) is 49.3 Å². The minimum Gasteiger partial charge on any atom is -0.348 e. The van der Waals surface area contributed by atoms with E-state index in [2.05, 4.69) is 22.4 Å². The molecular formula is C21H25N5O3. The largest absolute Gasteiger partial charge is 0.348 e. The summed E-state index contributed by atoms with van der Waals surface area (Å²) in [6.45, 7) is 1.58. The number of rotatable bonds is 4. The summed E-state index contributed by atoms with van der Waals surface area (Å²) in [4.78, 5) is 42.0. The molecule has 1 aromatic carbocycles. The fraction of sp³-hybridized carbons (Fsp3) is 0.429. The first-order chi connectivity index (χ1) is 13.9. The number of amides is 1. The highest BCUT2D eigenvalue weighted by atomic mass is 16.2. The molecule has 3 aromatic rings. The molecule has 0 saturated carbocycles. The van der Waals surface area contributed by atoms with E-state index in [9.17, 15) is 14.4 Å². The molecule has 29 heavy (non-hydrogen) atoms. The van der Waals surface area contributed by atoms with Gasteiger partial charge in [0.1, 0.15) is 6.54 Å². The lowest BCUT2D eigenvalue weighted by Gasteiger charge is -2.20. The first kappa shape index (κ1) is 19.2. The van der Waals surface area contributed by atoms with Crippen LogP contribution in [0, 0.1) is 0 Å². The number of nitrogens with zero attached hydrogens (tertiary/aromatic N) is 4. The second-order valence-electron chi connectivity index (χ2n) is 7.79. The lowest BCUT2D eigenvalue weighted by Crippen LogP contribution is -2.43. The van der Waals surface area contributed by atoms with Gasteiger partial charge in [0.15, 0.2) is 11.2 Å². The molecule has 0 bridgehead atoms. The molecule has 0 saturated heterocycles. The number of carbonyl (C=O) groups excluding carboxylic acids is 1. The summed E-state index contributed by atoms with van der Waals surface area (Å²) in [7, 11) is 3.23. The van der Waals surface area contributed by atoms with Gasteiger partial charge in [0.25, 0.3) is 5.56 Å². The van der Waals surface area contributed by atoms with Gasteiger partial charge >= 0.3 is 5.69 Å². The van der Waals surface area contributed by atoms with Crippen molar-refractivity contribution in [2.24, 2.45) is 14.1 Å². The van der Waals surface area contributed by atoms with Crippen molar-refractivity contribution >= 4 is 17.1 Å². The highest BCUT2D eigenvalue weighted by Crippen LogP contribution is 2.24. The van der Waals surface area contributed by atoms with E-state index in [1.807, 2.05) is 13.0 Å². The van der Waals surface area contributed by atoms with Gasteiger partial charge in [-0.3, -0.25) is 14.2 Å². The van der Waals surface area contributed by atoms with Gasteiger partial charge in [0.05, 0.1) is 12.4 Å². The maximum Gasteiger partial charge on any atom is 0.332 e. The van der Waals surface area contributed by atoms with Crippen molar-refractivity contribution in [2.45, 2.75) is 45.2 Å². The number of fused-ring (bicyclic) bond motifs is 2. The Hall–Kier alpha value is -3.16. The number of hydrogen-bond acceptors (Lipinski definition) is 4. The maximum atomic E-state index is 12.7. The van der Waals surface area contributed by atoms with Gasteiger partial charge in [0, 0.05) is 14.1 Å². The zero-order valence-corrected chi connectivity index (χ0v) is 16.9. The van der Waals surface area contributed by atoms with Gasteiger partial charge in [-0.2, -0.15) is 0 Å². The molecule has 1 N–H and O–H groups in total. The van der Waals surface area contributed by atoms with Gasteiger partial charge in [-0.25, -0.2) is 14.3 Å². The molecule has 2 aromatic heterocycles. The van der Waals surface area contributed by atoms with E-state index < -0.39 is 11.2 Å². The van der Waals surface area contributed by atoms with Crippen LogP contribution in [0.5, 0.6) is 0 Å². The van der Waals surface area contributed by atoms with Gasteiger partial charge in [-0.1, -0.05) is 18.2 Å². The van der Waals surface area contributed by atoms with E-state index in [1.54, 1.807) is 18.7 Å². The standard InChI is InChI=1S/C21H25N5O3/c1-13(15-9-8-14-6-4-5-7-16(14)10-15)23-17(27)11-26-20(28)18-19(22-12-24(18)2)25(3)21(26)29/h8-10,12-13H,4-7,11H2,1-3H3,(H,23,27)/t13-/m0/s1. The Bertz CT molecular complexity index is 1220. The Morgan fingerprint density at radius 2 is 1.90 bits per heavy atom. The van der Waals surface area contributed by atoms with Gasteiger partial charge < -0.3 is 9.88 Å². The van der Waals surface area contributed by atoms with Crippen molar-refractivity contribution in [1.29, 1.82) is 0 Å². The Labute approximate surface area is 167 Å². The number of aryl methyl sites for hydroxylation is 4. The molecule has 8 heteroatoms. The van der Waals surface area contributed by atoms with Crippen LogP contribution in [-0.4, -0.2) is 24.6 Å². The lowest BCUT2D eigenvalue weighted by molar-refractivity contribution is -0.122. The third-order valence-corrected chi connectivity index (χ3v) is 5.75. The van der Waals surface area contributed by atoms with Crippen LogP contribution in [0.1, 0.15) is 42.5 Å². The summed E-state index contributed by atoms with van der Waals surface area (Å²) in [5.41, 5.74) is 3.29. The zero-order chi connectivity index (χ0) is 20.7. The van der Waals surface area contributed by atoms with Crippen LogP contribution >= 0.6 is 0 Å². The van der Waals surface area contributed by atoms with Crippen LogP contribution < -0.4 is 16.6 Å². The normalized spacial score (nSPS) is 14.6. The fourth-order valence-electron chi connectivity index (χ4n) is 4.07. The second-order valence-corrected chi connectivity index (χ2v) is 7.79. The predicted molar refractivity (Wildman–Crippen MR) is 110 cm³/mol. The molecule has 152 valence electrons. The summed E-state index contributed by atoms with van der Waals surface area (Å²) in [5, 5.41) is 2.91. The smallest absolute Gasteiger partial charge is 0.332 e. The van der Waals surface area contributed by atoms with Crippen molar-refractivity contribution in [3.05, 3.63) is 62.1 Å². The molecule has 0 radical (unpaired) electrons. The number of nitrogens with one attached hydrogen (secondary N) is 1. The quantitative estimate of drug-likeness (QED) is 0.718. The van der Waals surface area contributed by atoms with Crippen LogP contribution in [-0.2, 0) is 38.3 Å². The minimum absolute atomic E-state index is 0.213. The molecule has 2 heterocycles. The van der Waals surface area contributed by atoms with Gasteiger partial charge in [-0.15, -0.1) is 0 Å². The molecule has 0 unspecified atom stereocenters. The number of imidazole rings is 1. The molecule has 1 aliphatic rings. The SMILES string of the molecule is C[C@H](NC(=O)Cn1c(=O)c2c(ncn2C)n(C)c1=O)c1ccc2c(c1)CCCC2. The van der Waals surface area contributed by atoms with Gasteiger partial charge in [0.2, 0.25) is 5.91 Å². The Morgan fingerprint density at radius 1 is 1.17 bits per heavy atom. The lowest BCUT2D eigenvalue weighted by atomic mass is 9.89. The average molecular weight is 395 g/mol. The van der Waals surface area contributed by atoms with E-state index >= 15 is 0 Å². The van der Waals surface area contributed by atoms with E-state index in [0.29, 0.717) is 11.2 Å². The van der Waals surface area contributed by atoms with Crippen LogP contribution in [0.2, 0.25) is 0 Å². The first-order valence-electron chi connectivity index (χ1n) is 9.88. The number of benzene rings is 1. The highest BCUT2D eigenvalue weighted by molar-refractivity contribution is 5.77. The van der Waals surface area contributed by atoms with Crippen molar-refractivity contribution in [1.82, 2.24) is 24.0 Å². The van der Waals surface area contributed by atoms with Crippen molar-refractivity contribution < 1.29 is 4.79 Å². The van der Waals surface area contributed by atoms with Crippen LogP contribution in [0.15, 0.2) is 34.1 Å². The molecular weight excluding hydrogens is 370 g/mol.